The summed E-state index contributed by atoms with van der Waals surface area (Å²) in [6.07, 6.45) is 0.859. The molecule has 88 valence electrons. The second kappa shape index (κ2) is 4.62. The van der Waals surface area contributed by atoms with Gasteiger partial charge < -0.3 is 5.11 Å². The van der Waals surface area contributed by atoms with Gasteiger partial charge in [0, 0.05) is 0 Å². The maximum absolute atomic E-state index is 9.94. The van der Waals surface area contributed by atoms with E-state index in [1.54, 1.807) is 0 Å². The van der Waals surface area contributed by atoms with Crippen LogP contribution < -0.4 is 0 Å². The van der Waals surface area contributed by atoms with Crippen LogP contribution in [0.15, 0.2) is 36.4 Å². The molecule has 0 aliphatic carbocycles. The first-order valence-electron chi connectivity index (χ1n) is 6.02. The van der Waals surface area contributed by atoms with Crippen molar-refractivity contribution in [3.8, 4) is 16.9 Å². The van der Waals surface area contributed by atoms with Gasteiger partial charge in [-0.25, -0.2) is 0 Å². The topological polar surface area (TPSA) is 20.2 Å². The lowest BCUT2D eigenvalue weighted by molar-refractivity contribution is 0.468. The molecule has 0 atom stereocenters. The zero-order chi connectivity index (χ0) is 12.4. The highest BCUT2D eigenvalue weighted by Crippen LogP contribution is 2.34. The van der Waals surface area contributed by atoms with Crippen LogP contribution in [0.2, 0.25) is 0 Å². The van der Waals surface area contributed by atoms with E-state index in [1.165, 1.54) is 16.7 Å². The van der Waals surface area contributed by atoms with E-state index >= 15 is 0 Å². The predicted molar refractivity (Wildman–Crippen MR) is 72.4 cm³/mol. The van der Waals surface area contributed by atoms with Gasteiger partial charge >= 0.3 is 0 Å². The molecule has 2 rings (SSSR count). The van der Waals surface area contributed by atoms with Crippen molar-refractivity contribution in [3.63, 3.8) is 0 Å². The fraction of sp³-hybridized carbons (Fsp3) is 0.250. The molecule has 0 heterocycles. The van der Waals surface area contributed by atoms with Gasteiger partial charge in [0.05, 0.1) is 0 Å². The van der Waals surface area contributed by atoms with Crippen LogP contribution in [0.4, 0.5) is 0 Å². The normalized spacial score (nSPS) is 10.5. The van der Waals surface area contributed by atoms with Crippen molar-refractivity contribution in [1.29, 1.82) is 0 Å². The average molecular weight is 226 g/mol. The molecule has 0 saturated heterocycles. The summed E-state index contributed by atoms with van der Waals surface area (Å²) in [6, 6.07) is 12.2. The Morgan fingerprint density at radius 1 is 1.06 bits per heavy atom. The first kappa shape index (κ1) is 11.7. The molecule has 0 aromatic heterocycles. The number of aryl methyl sites for hydroxylation is 1. The van der Waals surface area contributed by atoms with Gasteiger partial charge in [-0.3, -0.25) is 0 Å². The Hall–Kier alpha value is -1.76. The van der Waals surface area contributed by atoms with Gasteiger partial charge in [-0.2, -0.15) is 0 Å². The summed E-state index contributed by atoms with van der Waals surface area (Å²) in [5, 5.41) is 9.94. The second-order valence-corrected chi connectivity index (χ2v) is 4.41. The van der Waals surface area contributed by atoms with Gasteiger partial charge in [-0.05, 0) is 54.2 Å². The van der Waals surface area contributed by atoms with Crippen LogP contribution >= 0.6 is 0 Å². The number of phenols is 1. The fourth-order valence-corrected chi connectivity index (χ4v) is 2.50. The first-order valence-corrected chi connectivity index (χ1v) is 6.02. The predicted octanol–water partition coefficient (Wildman–Crippen LogP) is 4.24. The molecule has 0 amide bonds. The minimum absolute atomic E-state index is 0.419. The van der Waals surface area contributed by atoms with Crippen molar-refractivity contribution in [2.24, 2.45) is 0 Å². The van der Waals surface area contributed by atoms with E-state index in [1.807, 2.05) is 24.3 Å². The van der Waals surface area contributed by atoms with Gasteiger partial charge in [-0.15, -0.1) is 0 Å². The minimum Gasteiger partial charge on any atom is -0.508 e. The number of phenolic OH excluding ortho intramolecular Hbond substituents is 1. The van der Waals surface area contributed by atoms with E-state index in [0.29, 0.717) is 5.75 Å². The van der Waals surface area contributed by atoms with E-state index in [0.717, 1.165) is 17.5 Å². The summed E-state index contributed by atoms with van der Waals surface area (Å²) in [6.45, 7) is 6.22. The third-order valence-corrected chi connectivity index (χ3v) is 3.30. The highest BCUT2D eigenvalue weighted by atomic mass is 16.3. The Morgan fingerprint density at radius 2 is 1.71 bits per heavy atom. The summed E-state index contributed by atoms with van der Waals surface area (Å²) in [4.78, 5) is 0. The summed E-state index contributed by atoms with van der Waals surface area (Å²) in [5.74, 6) is 0.419. The summed E-state index contributed by atoms with van der Waals surface area (Å²) < 4.78 is 0. The molecule has 0 fully saturated rings. The number of rotatable bonds is 2. The van der Waals surface area contributed by atoms with Crippen LogP contribution in [-0.2, 0) is 6.42 Å². The van der Waals surface area contributed by atoms with Crippen molar-refractivity contribution in [1.82, 2.24) is 0 Å². The van der Waals surface area contributed by atoms with Crippen LogP contribution in [-0.4, -0.2) is 5.11 Å². The average Bonchev–Trinajstić information content (AvgIpc) is 2.30. The molecule has 0 radical (unpaired) electrons. The number of hydrogen-bond acceptors (Lipinski definition) is 1. The van der Waals surface area contributed by atoms with E-state index in [9.17, 15) is 5.11 Å². The van der Waals surface area contributed by atoms with E-state index < -0.39 is 0 Å². The first-order chi connectivity index (χ1) is 8.15. The Bertz CT molecular complexity index is 527. The Kier molecular flexibility index (Phi) is 3.19. The van der Waals surface area contributed by atoms with Crippen molar-refractivity contribution in [2.75, 3.05) is 0 Å². The highest BCUT2D eigenvalue weighted by molar-refractivity contribution is 5.73. The number of benzene rings is 2. The van der Waals surface area contributed by atoms with Crippen molar-refractivity contribution >= 4 is 0 Å². The molecule has 0 aliphatic heterocycles. The van der Waals surface area contributed by atoms with Crippen molar-refractivity contribution < 1.29 is 5.11 Å². The standard InChI is InChI=1S/C16H18O/c1-4-14-12(3)16(11(2)10-15(14)17)13-8-6-5-7-9-13/h5-10,17H,4H2,1-3H3. The minimum atomic E-state index is 0.419. The molecule has 2 aromatic carbocycles. The third-order valence-electron chi connectivity index (χ3n) is 3.30. The SMILES string of the molecule is CCc1c(O)cc(C)c(-c2ccccc2)c1C. The molecule has 0 saturated carbocycles. The maximum Gasteiger partial charge on any atom is 0.119 e. The smallest absolute Gasteiger partial charge is 0.119 e. The molecule has 0 bridgehead atoms. The summed E-state index contributed by atoms with van der Waals surface area (Å²) in [7, 11) is 0. The number of aromatic hydroxyl groups is 1. The Balaban J connectivity index is 2.70. The molecule has 0 spiro atoms. The second-order valence-electron chi connectivity index (χ2n) is 4.41. The van der Waals surface area contributed by atoms with Gasteiger partial charge in [0.1, 0.15) is 5.75 Å². The monoisotopic (exact) mass is 226 g/mol. The lowest BCUT2D eigenvalue weighted by Crippen LogP contribution is -1.95. The van der Waals surface area contributed by atoms with Crippen LogP contribution in [0.5, 0.6) is 5.75 Å². The summed E-state index contributed by atoms with van der Waals surface area (Å²) in [5.41, 5.74) is 5.84. The molecule has 0 unspecified atom stereocenters. The molecule has 1 heteroatoms. The van der Waals surface area contributed by atoms with E-state index in [2.05, 4.69) is 32.9 Å². The van der Waals surface area contributed by atoms with Crippen molar-refractivity contribution in [2.45, 2.75) is 27.2 Å². The van der Waals surface area contributed by atoms with Crippen LogP contribution in [0, 0.1) is 13.8 Å². The lowest BCUT2D eigenvalue weighted by atomic mass is 9.91. The Morgan fingerprint density at radius 3 is 2.29 bits per heavy atom. The highest BCUT2D eigenvalue weighted by Gasteiger charge is 2.12. The van der Waals surface area contributed by atoms with Crippen molar-refractivity contribution in [3.05, 3.63) is 53.1 Å². The van der Waals surface area contributed by atoms with E-state index in [4.69, 9.17) is 0 Å². The van der Waals surface area contributed by atoms with Gasteiger partial charge in [0.25, 0.3) is 0 Å². The Labute approximate surface area is 103 Å². The fourth-order valence-electron chi connectivity index (χ4n) is 2.50. The lowest BCUT2D eigenvalue weighted by Gasteiger charge is -2.15. The largest absolute Gasteiger partial charge is 0.508 e. The van der Waals surface area contributed by atoms with Gasteiger partial charge in [0.15, 0.2) is 0 Å². The van der Waals surface area contributed by atoms with Crippen LogP contribution in [0.3, 0.4) is 0 Å². The zero-order valence-corrected chi connectivity index (χ0v) is 10.6. The molecule has 1 N–H and O–H groups in total. The van der Waals surface area contributed by atoms with E-state index in [-0.39, 0.29) is 0 Å². The number of hydrogen-bond donors (Lipinski definition) is 1. The maximum atomic E-state index is 9.94. The molecule has 1 nitrogen and oxygen atoms in total. The summed E-state index contributed by atoms with van der Waals surface area (Å²) >= 11 is 0. The quantitative estimate of drug-likeness (QED) is 0.812. The molecular formula is C16H18O. The van der Waals surface area contributed by atoms with Gasteiger partial charge in [0.2, 0.25) is 0 Å². The van der Waals surface area contributed by atoms with Crippen LogP contribution in [0.1, 0.15) is 23.6 Å². The molecule has 2 aromatic rings. The molecule has 0 aliphatic rings. The zero-order valence-electron chi connectivity index (χ0n) is 10.6. The molecule has 17 heavy (non-hydrogen) atoms. The molecular weight excluding hydrogens is 208 g/mol. The van der Waals surface area contributed by atoms with Crippen LogP contribution in [0.25, 0.3) is 11.1 Å². The van der Waals surface area contributed by atoms with Gasteiger partial charge in [-0.1, -0.05) is 37.3 Å². The third kappa shape index (κ3) is 2.05.